The van der Waals surface area contributed by atoms with Gasteiger partial charge >= 0.3 is 0 Å². The Labute approximate surface area is 149 Å². The average molecular weight is 338 g/mol. The molecule has 1 fully saturated rings. The first kappa shape index (κ1) is 17.5. The van der Waals surface area contributed by atoms with E-state index in [1.165, 1.54) is 0 Å². The van der Waals surface area contributed by atoms with E-state index in [2.05, 4.69) is 23.3 Å². The molecule has 1 aliphatic rings. The Bertz CT molecular complexity index is 747. The van der Waals surface area contributed by atoms with Crippen LogP contribution in [0.1, 0.15) is 49.3 Å². The molecule has 0 spiro atoms. The van der Waals surface area contributed by atoms with E-state index in [9.17, 15) is 4.79 Å². The van der Waals surface area contributed by atoms with Crippen LogP contribution in [0.3, 0.4) is 0 Å². The maximum atomic E-state index is 12.4. The number of hydrogen-bond donors (Lipinski definition) is 1. The highest BCUT2D eigenvalue weighted by atomic mass is 16.5. The lowest BCUT2D eigenvalue weighted by molar-refractivity contribution is -0.130. The standard InChI is InChI=1S/C21H26N2O2/c1-15-6-7-16(2)18(12-15)25-19-9-8-17(13-22-19)14-23-20(24)21(3)10-4-5-11-21/h6-9,12-13H,4-5,10-11,14H2,1-3H3,(H,23,24). The SMILES string of the molecule is Cc1ccc(C)c(Oc2ccc(CNC(=O)C3(C)CCCC3)cn2)c1. The van der Waals surface area contributed by atoms with Crippen molar-refractivity contribution in [3.63, 3.8) is 0 Å². The monoisotopic (exact) mass is 338 g/mol. The molecule has 2 aromatic rings. The van der Waals surface area contributed by atoms with E-state index in [4.69, 9.17) is 4.74 Å². The van der Waals surface area contributed by atoms with Gasteiger partial charge in [-0.05, 0) is 49.4 Å². The molecule has 0 saturated heterocycles. The quantitative estimate of drug-likeness (QED) is 0.860. The fourth-order valence-corrected chi connectivity index (χ4v) is 3.28. The van der Waals surface area contributed by atoms with Crippen molar-refractivity contribution < 1.29 is 9.53 Å². The van der Waals surface area contributed by atoms with E-state index < -0.39 is 0 Å². The number of carbonyl (C=O) groups excluding carboxylic acids is 1. The summed E-state index contributed by atoms with van der Waals surface area (Å²) >= 11 is 0. The number of aromatic nitrogens is 1. The molecular formula is C21H26N2O2. The second-order valence-corrected chi connectivity index (χ2v) is 7.33. The molecule has 0 atom stereocenters. The number of rotatable bonds is 5. The topological polar surface area (TPSA) is 51.2 Å². The third-order valence-electron chi connectivity index (χ3n) is 5.06. The largest absolute Gasteiger partial charge is 0.439 e. The summed E-state index contributed by atoms with van der Waals surface area (Å²) in [4.78, 5) is 16.7. The Balaban J connectivity index is 1.59. The molecule has 4 heteroatoms. The molecule has 1 saturated carbocycles. The summed E-state index contributed by atoms with van der Waals surface area (Å²) in [5.74, 6) is 1.54. The summed E-state index contributed by atoms with van der Waals surface area (Å²) in [7, 11) is 0. The number of nitrogens with zero attached hydrogens (tertiary/aromatic N) is 1. The maximum absolute atomic E-state index is 12.4. The zero-order valence-corrected chi connectivity index (χ0v) is 15.3. The normalized spacial score (nSPS) is 15.8. The van der Waals surface area contributed by atoms with E-state index in [1.807, 2.05) is 38.1 Å². The zero-order chi connectivity index (χ0) is 17.9. The van der Waals surface area contributed by atoms with Crippen molar-refractivity contribution in [3.05, 3.63) is 53.2 Å². The molecule has 0 radical (unpaired) electrons. The first-order valence-corrected chi connectivity index (χ1v) is 8.95. The van der Waals surface area contributed by atoms with Gasteiger partial charge in [0.05, 0.1) is 0 Å². The van der Waals surface area contributed by atoms with Gasteiger partial charge in [0.15, 0.2) is 0 Å². The predicted octanol–water partition coefficient (Wildman–Crippen LogP) is 4.69. The van der Waals surface area contributed by atoms with Crippen molar-refractivity contribution in [1.82, 2.24) is 10.3 Å². The van der Waals surface area contributed by atoms with Crippen LogP contribution >= 0.6 is 0 Å². The number of hydrogen-bond acceptors (Lipinski definition) is 3. The van der Waals surface area contributed by atoms with Crippen molar-refractivity contribution in [1.29, 1.82) is 0 Å². The number of aryl methyl sites for hydroxylation is 2. The van der Waals surface area contributed by atoms with Crippen molar-refractivity contribution in [3.8, 4) is 11.6 Å². The van der Waals surface area contributed by atoms with Gasteiger partial charge < -0.3 is 10.1 Å². The highest BCUT2D eigenvalue weighted by molar-refractivity contribution is 5.82. The fraction of sp³-hybridized carbons (Fsp3) is 0.429. The Morgan fingerprint density at radius 3 is 2.64 bits per heavy atom. The highest BCUT2D eigenvalue weighted by Gasteiger charge is 2.35. The summed E-state index contributed by atoms with van der Waals surface area (Å²) < 4.78 is 5.87. The van der Waals surface area contributed by atoms with Gasteiger partial charge in [0.2, 0.25) is 11.8 Å². The van der Waals surface area contributed by atoms with E-state index in [0.717, 1.165) is 48.1 Å². The minimum absolute atomic E-state index is 0.153. The molecule has 4 nitrogen and oxygen atoms in total. The fourth-order valence-electron chi connectivity index (χ4n) is 3.28. The lowest BCUT2D eigenvalue weighted by Gasteiger charge is -2.22. The van der Waals surface area contributed by atoms with Crippen LogP contribution in [0.5, 0.6) is 11.6 Å². The number of pyridine rings is 1. The minimum Gasteiger partial charge on any atom is -0.439 e. The van der Waals surface area contributed by atoms with Gasteiger partial charge in [0, 0.05) is 24.2 Å². The van der Waals surface area contributed by atoms with Crippen LogP contribution in [-0.2, 0) is 11.3 Å². The molecule has 1 heterocycles. The maximum Gasteiger partial charge on any atom is 0.226 e. The summed E-state index contributed by atoms with van der Waals surface area (Å²) in [6.45, 7) is 6.62. The van der Waals surface area contributed by atoms with Crippen LogP contribution in [0.25, 0.3) is 0 Å². The van der Waals surface area contributed by atoms with Gasteiger partial charge in [-0.1, -0.05) is 38.0 Å². The van der Waals surface area contributed by atoms with E-state index in [1.54, 1.807) is 6.20 Å². The molecule has 132 valence electrons. The molecule has 25 heavy (non-hydrogen) atoms. The smallest absolute Gasteiger partial charge is 0.226 e. The van der Waals surface area contributed by atoms with Gasteiger partial charge in [-0.2, -0.15) is 0 Å². The van der Waals surface area contributed by atoms with Crippen LogP contribution in [0.15, 0.2) is 36.5 Å². The lowest BCUT2D eigenvalue weighted by atomic mass is 9.88. The van der Waals surface area contributed by atoms with E-state index >= 15 is 0 Å². The molecule has 1 aromatic carbocycles. The molecule has 1 amide bonds. The summed E-state index contributed by atoms with van der Waals surface area (Å²) in [6, 6.07) is 9.91. The Kier molecular flexibility index (Phi) is 5.07. The van der Waals surface area contributed by atoms with Gasteiger partial charge in [-0.15, -0.1) is 0 Å². The zero-order valence-electron chi connectivity index (χ0n) is 15.3. The molecule has 1 aromatic heterocycles. The third kappa shape index (κ3) is 4.19. The van der Waals surface area contributed by atoms with Gasteiger partial charge in [0.25, 0.3) is 0 Å². The molecule has 0 bridgehead atoms. The second kappa shape index (κ2) is 7.26. The molecule has 1 aliphatic carbocycles. The molecular weight excluding hydrogens is 312 g/mol. The Hall–Kier alpha value is -2.36. The van der Waals surface area contributed by atoms with Crippen LogP contribution in [0, 0.1) is 19.3 Å². The average Bonchev–Trinajstić information content (AvgIpc) is 3.05. The molecule has 0 unspecified atom stereocenters. The Morgan fingerprint density at radius 2 is 1.96 bits per heavy atom. The van der Waals surface area contributed by atoms with Gasteiger partial charge in [-0.25, -0.2) is 4.98 Å². The van der Waals surface area contributed by atoms with Gasteiger partial charge in [-0.3, -0.25) is 4.79 Å². The third-order valence-corrected chi connectivity index (χ3v) is 5.06. The van der Waals surface area contributed by atoms with Crippen LogP contribution in [-0.4, -0.2) is 10.9 Å². The van der Waals surface area contributed by atoms with Crippen LogP contribution in [0.4, 0.5) is 0 Å². The van der Waals surface area contributed by atoms with Crippen molar-refractivity contribution in [2.75, 3.05) is 0 Å². The van der Waals surface area contributed by atoms with Crippen LogP contribution < -0.4 is 10.1 Å². The summed E-state index contributed by atoms with van der Waals surface area (Å²) in [5, 5.41) is 3.05. The van der Waals surface area contributed by atoms with Crippen molar-refractivity contribution in [2.24, 2.45) is 5.41 Å². The molecule has 0 aliphatic heterocycles. The number of benzene rings is 1. The van der Waals surface area contributed by atoms with E-state index in [0.29, 0.717) is 12.4 Å². The lowest BCUT2D eigenvalue weighted by Crippen LogP contribution is -2.36. The summed E-state index contributed by atoms with van der Waals surface area (Å²) in [6.07, 6.45) is 6.03. The number of ether oxygens (including phenoxy) is 1. The van der Waals surface area contributed by atoms with Crippen LogP contribution in [0.2, 0.25) is 0 Å². The number of nitrogens with one attached hydrogen (secondary N) is 1. The first-order chi connectivity index (χ1) is 12.0. The minimum atomic E-state index is -0.195. The summed E-state index contributed by atoms with van der Waals surface area (Å²) in [5.41, 5.74) is 3.01. The first-order valence-electron chi connectivity index (χ1n) is 8.95. The van der Waals surface area contributed by atoms with Crippen molar-refractivity contribution >= 4 is 5.91 Å². The number of carbonyl (C=O) groups is 1. The Morgan fingerprint density at radius 1 is 1.20 bits per heavy atom. The second-order valence-electron chi connectivity index (χ2n) is 7.33. The highest BCUT2D eigenvalue weighted by Crippen LogP contribution is 2.37. The predicted molar refractivity (Wildman–Crippen MR) is 98.6 cm³/mol. The molecule has 1 N–H and O–H groups in total. The molecule has 3 rings (SSSR count). The van der Waals surface area contributed by atoms with E-state index in [-0.39, 0.29) is 11.3 Å². The van der Waals surface area contributed by atoms with Crippen molar-refractivity contribution in [2.45, 2.75) is 53.0 Å². The number of amides is 1. The van der Waals surface area contributed by atoms with Gasteiger partial charge in [0.1, 0.15) is 5.75 Å².